The van der Waals surface area contributed by atoms with Crippen LogP contribution in [0.5, 0.6) is 11.5 Å². The maximum absolute atomic E-state index is 5.99. The molecule has 0 unspecified atom stereocenters. The number of rotatable bonds is 3. The fourth-order valence-electron chi connectivity index (χ4n) is 6.90. The first-order valence-corrected chi connectivity index (χ1v) is 16.4. The Bertz CT molecular complexity index is 1790. The van der Waals surface area contributed by atoms with Crippen molar-refractivity contribution in [2.45, 2.75) is 26.2 Å². The molecule has 5 aromatic carbocycles. The van der Waals surface area contributed by atoms with Crippen LogP contribution >= 0.6 is 63.7 Å². The summed E-state index contributed by atoms with van der Waals surface area (Å²) in [5.41, 5.74) is 12.8. The molecule has 204 valence electrons. The summed E-state index contributed by atoms with van der Waals surface area (Å²) < 4.78 is 16.0. The third kappa shape index (κ3) is 4.28. The van der Waals surface area contributed by atoms with Crippen LogP contribution in [0.2, 0.25) is 0 Å². The third-order valence-electron chi connectivity index (χ3n) is 8.19. The van der Waals surface area contributed by atoms with Gasteiger partial charge in [-0.05, 0) is 125 Å². The van der Waals surface area contributed by atoms with Crippen molar-refractivity contribution in [1.82, 2.24) is 0 Å². The highest BCUT2D eigenvalue weighted by molar-refractivity contribution is 9.11. The van der Waals surface area contributed by atoms with Crippen molar-refractivity contribution in [3.8, 4) is 33.8 Å². The summed E-state index contributed by atoms with van der Waals surface area (Å²) in [4.78, 5) is 0. The van der Waals surface area contributed by atoms with E-state index in [2.05, 4.69) is 163 Å². The Hall–Kier alpha value is -2.38. The number of halogens is 4. The first kappa shape index (κ1) is 27.5. The zero-order chi connectivity index (χ0) is 28.6. The highest BCUT2D eigenvalue weighted by atomic mass is 79.9. The average molecular weight is 796 g/mol. The minimum atomic E-state index is -0.632. The topological polar surface area (TPSA) is 18.5 Å². The summed E-state index contributed by atoms with van der Waals surface area (Å²) >= 11 is 15.2. The predicted octanol–water partition coefficient (Wildman–Crippen LogP) is 11.4. The quantitative estimate of drug-likeness (QED) is 0.178. The van der Waals surface area contributed by atoms with Crippen LogP contribution < -0.4 is 9.47 Å². The van der Waals surface area contributed by atoms with Gasteiger partial charge in [-0.3, -0.25) is 0 Å². The van der Waals surface area contributed by atoms with Gasteiger partial charge >= 0.3 is 0 Å². The average Bonchev–Trinajstić information content (AvgIpc) is 3.46. The van der Waals surface area contributed by atoms with E-state index in [0.717, 1.165) is 46.1 Å². The van der Waals surface area contributed by atoms with Crippen molar-refractivity contribution in [1.29, 1.82) is 0 Å². The highest BCUT2D eigenvalue weighted by Crippen LogP contribution is 2.61. The molecule has 1 heterocycles. The van der Waals surface area contributed by atoms with E-state index in [9.17, 15) is 0 Å². The standard InChI is InChI=1S/C35H24Br4O2/c1-18-7-19(2)33(20(3)8-18)27-5-4-6-29-34(27)28-15-31-32(41-17-40-31)16-30(28)35(29,21-9-23(36)13-24(37)10-21)22-11-25(38)14-26(39)12-22/h4-16H,17H2,1-3H3. The van der Waals surface area contributed by atoms with Crippen molar-refractivity contribution in [3.63, 3.8) is 0 Å². The van der Waals surface area contributed by atoms with Gasteiger partial charge in [0, 0.05) is 17.9 Å². The molecule has 5 aromatic rings. The lowest BCUT2D eigenvalue weighted by Gasteiger charge is -2.34. The number of hydrogen-bond donors (Lipinski definition) is 0. The Kier molecular flexibility index (Phi) is 6.77. The van der Waals surface area contributed by atoms with Crippen LogP contribution in [-0.4, -0.2) is 6.79 Å². The van der Waals surface area contributed by atoms with Crippen molar-refractivity contribution in [2.24, 2.45) is 0 Å². The SMILES string of the molecule is Cc1cc(C)c(-c2cccc3c2-c2cc4c(cc2C3(c2cc(Br)cc(Br)c2)c2cc(Br)cc(Br)c2)OCO4)c(C)c1. The van der Waals surface area contributed by atoms with E-state index in [0.29, 0.717) is 0 Å². The molecule has 0 atom stereocenters. The van der Waals surface area contributed by atoms with Gasteiger partial charge in [-0.1, -0.05) is 99.6 Å². The van der Waals surface area contributed by atoms with Crippen molar-refractivity contribution < 1.29 is 9.47 Å². The van der Waals surface area contributed by atoms with Gasteiger partial charge in [-0.25, -0.2) is 0 Å². The number of benzene rings is 5. The minimum absolute atomic E-state index is 0.223. The molecule has 0 N–H and O–H groups in total. The van der Waals surface area contributed by atoms with E-state index in [1.165, 1.54) is 44.5 Å². The number of fused-ring (bicyclic) bond motifs is 4. The molecule has 2 nitrogen and oxygen atoms in total. The molecular weight excluding hydrogens is 772 g/mol. The van der Waals surface area contributed by atoms with Crippen LogP contribution in [0.1, 0.15) is 38.9 Å². The highest BCUT2D eigenvalue weighted by Gasteiger charge is 2.48. The van der Waals surface area contributed by atoms with Gasteiger partial charge in [0.1, 0.15) is 0 Å². The second-order valence-corrected chi connectivity index (χ2v) is 14.5. The minimum Gasteiger partial charge on any atom is -0.454 e. The van der Waals surface area contributed by atoms with Crippen LogP contribution in [0.25, 0.3) is 22.3 Å². The van der Waals surface area contributed by atoms with Crippen LogP contribution in [0.15, 0.2) is 96.8 Å². The van der Waals surface area contributed by atoms with Gasteiger partial charge in [-0.2, -0.15) is 0 Å². The Labute approximate surface area is 273 Å². The molecule has 0 fully saturated rings. The molecular formula is C35H24Br4O2. The van der Waals surface area contributed by atoms with E-state index in [1.807, 2.05) is 0 Å². The summed E-state index contributed by atoms with van der Waals surface area (Å²) in [6.07, 6.45) is 0. The molecule has 7 rings (SSSR count). The summed E-state index contributed by atoms with van der Waals surface area (Å²) in [7, 11) is 0. The van der Waals surface area contributed by atoms with Gasteiger partial charge in [0.25, 0.3) is 0 Å². The molecule has 1 aliphatic carbocycles. The number of aryl methyl sites for hydroxylation is 3. The lowest BCUT2D eigenvalue weighted by molar-refractivity contribution is 0.174. The lowest BCUT2D eigenvalue weighted by Crippen LogP contribution is -2.29. The Morgan fingerprint density at radius 3 is 1.66 bits per heavy atom. The van der Waals surface area contributed by atoms with Crippen LogP contribution in [0.3, 0.4) is 0 Å². The first-order chi connectivity index (χ1) is 19.7. The molecule has 0 bridgehead atoms. The second-order valence-electron chi connectivity index (χ2n) is 10.8. The van der Waals surface area contributed by atoms with E-state index in [1.54, 1.807) is 0 Å². The Morgan fingerprint density at radius 1 is 0.561 bits per heavy atom. The molecule has 6 heteroatoms. The van der Waals surface area contributed by atoms with E-state index in [-0.39, 0.29) is 6.79 Å². The first-order valence-electron chi connectivity index (χ1n) is 13.3. The zero-order valence-electron chi connectivity index (χ0n) is 22.5. The Balaban J connectivity index is 1.70. The monoisotopic (exact) mass is 792 g/mol. The van der Waals surface area contributed by atoms with E-state index >= 15 is 0 Å². The van der Waals surface area contributed by atoms with Crippen LogP contribution in [0.4, 0.5) is 0 Å². The molecule has 0 amide bonds. The normalized spacial score (nSPS) is 14.2. The van der Waals surface area contributed by atoms with Crippen LogP contribution in [0, 0.1) is 20.8 Å². The fraction of sp³-hybridized carbons (Fsp3) is 0.143. The largest absolute Gasteiger partial charge is 0.454 e. The molecule has 0 saturated heterocycles. The predicted molar refractivity (Wildman–Crippen MR) is 180 cm³/mol. The molecule has 0 aromatic heterocycles. The summed E-state index contributed by atoms with van der Waals surface area (Å²) in [5, 5.41) is 0. The molecule has 0 radical (unpaired) electrons. The molecule has 1 aliphatic heterocycles. The fourth-order valence-corrected chi connectivity index (χ4v) is 9.49. The van der Waals surface area contributed by atoms with Gasteiger partial charge in [0.15, 0.2) is 11.5 Å². The summed E-state index contributed by atoms with van der Waals surface area (Å²) in [6.45, 7) is 6.82. The molecule has 0 saturated carbocycles. The summed E-state index contributed by atoms with van der Waals surface area (Å²) in [6, 6.07) is 28.8. The van der Waals surface area contributed by atoms with Crippen molar-refractivity contribution >= 4 is 63.7 Å². The van der Waals surface area contributed by atoms with Crippen LogP contribution in [-0.2, 0) is 5.41 Å². The van der Waals surface area contributed by atoms with E-state index in [4.69, 9.17) is 9.47 Å². The maximum atomic E-state index is 5.99. The number of ether oxygens (including phenoxy) is 2. The van der Waals surface area contributed by atoms with Gasteiger partial charge in [-0.15, -0.1) is 0 Å². The third-order valence-corrected chi connectivity index (χ3v) is 10.0. The van der Waals surface area contributed by atoms with Gasteiger partial charge in [0.05, 0.1) is 5.41 Å². The zero-order valence-corrected chi connectivity index (χ0v) is 28.9. The molecule has 0 spiro atoms. The lowest BCUT2D eigenvalue weighted by atomic mass is 9.67. The Morgan fingerprint density at radius 2 is 1.10 bits per heavy atom. The smallest absolute Gasteiger partial charge is 0.231 e. The van der Waals surface area contributed by atoms with Gasteiger partial charge < -0.3 is 9.47 Å². The maximum Gasteiger partial charge on any atom is 0.231 e. The molecule has 2 aliphatic rings. The second kappa shape index (κ2) is 10.1. The van der Waals surface area contributed by atoms with Crippen molar-refractivity contribution in [3.05, 3.63) is 136 Å². The van der Waals surface area contributed by atoms with Gasteiger partial charge in [0.2, 0.25) is 6.79 Å². The van der Waals surface area contributed by atoms with E-state index < -0.39 is 5.41 Å². The summed E-state index contributed by atoms with van der Waals surface area (Å²) in [5.74, 6) is 1.55. The number of hydrogen-bond acceptors (Lipinski definition) is 2. The van der Waals surface area contributed by atoms with Crippen molar-refractivity contribution in [2.75, 3.05) is 6.79 Å². The molecule has 41 heavy (non-hydrogen) atoms.